The average Bonchev–Trinajstić information content (AvgIpc) is 1.77. The summed E-state index contributed by atoms with van der Waals surface area (Å²) in [6.07, 6.45) is 0. The van der Waals surface area contributed by atoms with Crippen molar-refractivity contribution in [1.29, 1.82) is 0 Å². The molecule has 0 aliphatic rings. The minimum Gasteiger partial charge on any atom is -0.418 e. The second kappa shape index (κ2) is 6.52. The van der Waals surface area contributed by atoms with Crippen molar-refractivity contribution in [1.82, 2.24) is 9.80 Å². The lowest BCUT2D eigenvalue weighted by molar-refractivity contribution is -0.475. The van der Waals surface area contributed by atoms with E-state index in [9.17, 15) is 17.3 Å². The maximum atomic E-state index is 9.75. The van der Waals surface area contributed by atoms with Gasteiger partial charge in [0, 0.05) is 0 Å². The molecule has 0 aromatic rings. The largest absolute Gasteiger partial charge is 0.673 e. The van der Waals surface area contributed by atoms with Gasteiger partial charge in [-0.15, -0.1) is 0 Å². The summed E-state index contributed by atoms with van der Waals surface area (Å²) < 4.78 is 41.1. The van der Waals surface area contributed by atoms with E-state index in [1.807, 2.05) is 42.3 Å². The minimum atomic E-state index is -6.00. The van der Waals surface area contributed by atoms with Gasteiger partial charge in [-0.25, -0.2) is 0 Å². The van der Waals surface area contributed by atoms with E-state index in [4.69, 9.17) is 0 Å². The van der Waals surface area contributed by atoms with E-state index >= 15 is 0 Å². The first-order chi connectivity index (χ1) is 6.46. The van der Waals surface area contributed by atoms with Crippen molar-refractivity contribution in [2.45, 2.75) is 0 Å². The van der Waals surface area contributed by atoms with Gasteiger partial charge in [-0.2, -0.15) is 0 Å². The molecule has 0 amide bonds. The van der Waals surface area contributed by atoms with Crippen molar-refractivity contribution < 1.29 is 21.8 Å². The topological polar surface area (TPSA) is 9.49 Å². The normalized spacial score (nSPS) is 10.0. The Bertz CT molecular complexity index is 193. The van der Waals surface area contributed by atoms with Crippen LogP contribution in [0.1, 0.15) is 0 Å². The first-order valence-electron chi connectivity index (χ1n) is 4.23. The van der Waals surface area contributed by atoms with Gasteiger partial charge in [0.05, 0.1) is 42.3 Å². The van der Waals surface area contributed by atoms with Gasteiger partial charge in [0.1, 0.15) is 0 Å². The zero-order valence-electron chi connectivity index (χ0n) is 9.93. The molecule has 0 unspecified atom stereocenters. The maximum absolute atomic E-state index is 9.75. The number of halogens is 4. The van der Waals surface area contributed by atoms with Crippen molar-refractivity contribution >= 4 is 13.2 Å². The fourth-order valence-corrected chi connectivity index (χ4v) is 1.20. The third-order valence-electron chi connectivity index (χ3n) is 1.20. The SMILES string of the molecule is CN(C)C(N(C)C)=[N+](C)C.F[B-](F)(F)F. The van der Waals surface area contributed by atoms with Gasteiger partial charge in [-0.1, -0.05) is 0 Å². The van der Waals surface area contributed by atoms with Crippen LogP contribution in [0.4, 0.5) is 17.3 Å². The molecule has 0 aliphatic carbocycles. The lowest BCUT2D eigenvalue weighted by atomic mass is 10.3. The molecular weight excluding hydrogens is 213 g/mol. The smallest absolute Gasteiger partial charge is 0.418 e. The Labute approximate surface area is 88.1 Å². The molecule has 0 rings (SSSR count). The van der Waals surface area contributed by atoms with Crippen LogP contribution in [0.2, 0.25) is 0 Å². The molecule has 92 valence electrons. The van der Waals surface area contributed by atoms with Gasteiger partial charge < -0.3 is 17.3 Å². The Morgan fingerprint density at radius 2 is 1.07 bits per heavy atom. The molecule has 0 N–H and O–H groups in total. The Morgan fingerprint density at radius 3 is 1.07 bits per heavy atom. The molecule has 0 heterocycles. The van der Waals surface area contributed by atoms with Crippen LogP contribution >= 0.6 is 0 Å². The van der Waals surface area contributed by atoms with Crippen molar-refractivity contribution in [3.63, 3.8) is 0 Å². The van der Waals surface area contributed by atoms with E-state index in [0.717, 1.165) is 0 Å². The van der Waals surface area contributed by atoms with Gasteiger partial charge in [0.2, 0.25) is 0 Å². The standard InChI is InChI=1S/C7H18N3.BF4/c1-8(2)7(9(3)4)10(5)6;2-1(3,4)5/h1-6H3;/q+1;-1. The van der Waals surface area contributed by atoms with Gasteiger partial charge in [0.15, 0.2) is 0 Å². The summed E-state index contributed by atoms with van der Waals surface area (Å²) in [6.45, 7) is 0. The molecule has 0 atom stereocenters. The summed E-state index contributed by atoms with van der Waals surface area (Å²) in [5.41, 5.74) is 0. The molecule has 0 aromatic heterocycles. The lowest BCUT2D eigenvalue weighted by Gasteiger charge is -2.16. The molecule has 3 nitrogen and oxygen atoms in total. The first kappa shape index (κ1) is 16.5. The van der Waals surface area contributed by atoms with E-state index in [0.29, 0.717) is 0 Å². The van der Waals surface area contributed by atoms with Crippen LogP contribution in [-0.2, 0) is 0 Å². The highest BCUT2D eigenvalue weighted by Crippen LogP contribution is 2.06. The first-order valence-corrected chi connectivity index (χ1v) is 4.23. The van der Waals surface area contributed by atoms with E-state index in [2.05, 4.69) is 14.4 Å². The monoisotopic (exact) mass is 231 g/mol. The number of nitrogens with zero attached hydrogens (tertiary/aromatic N) is 3. The zero-order chi connectivity index (χ0) is 12.8. The number of rotatable bonds is 0. The number of guanidine groups is 1. The highest BCUT2D eigenvalue weighted by atomic mass is 19.5. The van der Waals surface area contributed by atoms with Gasteiger partial charge in [-0.3, -0.25) is 14.4 Å². The molecule has 8 heteroatoms. The fraction of sp³-hybridized carbons (Fsp3) is 0.857. The van der Waals surface area contributed by atoms with Crippen LogP contribution in [0, 0.1) is 0 Å². The van der Waals surface area contributed by atoms with Crippen molar-refractivity contribution in [2.75, 3.05) is 42.3 Å². The predicted molar refractivity (Wildman–Crippen MR) is 54.7 cm³/mol. The van der Waals surface area contributed by atoms with Crippen LogP contribution < -0.4 is 0 Å². The van der Waals surface area contributed by atoms with Crippen molar-refractivity contribution in [3.05, 3.63) is 0 Å². The summed E-state index contributed by atoms with van der Waals surface area (Å²) in [5.74, 6) is 1.19. The molecule has 15 heavy (non-hydrogen) atoms. The molecule has 0 aliphatic heterocycles. The molecule has 0 saturated heterocycles. The summed E-state index contributed by atoms with van der Waals surface area (Å²) in [4.78, 5) is 4.17. The average molecular weight is 231 g/mol. The van der Waals surface area contributed by atoms with Crippen molar-refractivity contribution in [3.8, 4) is 0 Å². The Balaban J connectivity index is 0. The highest BCUT2D eigenvalue weighted by Gasteiger charge is 2.20. The van der Waals surface area contributed by atoms with Crippen LogP contribution in [-0.4, -0.2) is 69.9 Å². The van der Waals surface area contributed by atoms with E-state index in [1.54, 1.807) is 0 Å². The molecular formula is C7H18BF4N3. The number of hydrogen-bond donors (Lipinski definition) is 0. The van der Waals surface area contributed by atoms with Crippen LogP contribution in [0.5, 0.6) is 0 Å². The Hall–Kier alpha value is -0.945. The van der Waals surface area contributed by atoms with Crippen LogP contribution in [0.15, 0.2) is 0 Å². The van der Waals surface area contributed by atoms with Gasteiger partial charge in [0.25, 0.3) is 0 Å². The third-order valence-corrected chi connectivity index (χ3v) is 1.20. The molecule has 0 radical (unpaired) electrons. The molecule has 0 aromatic carbocycles. The minimum absolute atomic E-state index is 1.19. The van der Waals surface area contributed by atoms with Gasteiger partial charge >= 0.3 is 13.2 Å². The summed E-state index contributed by atoms with van der Waals surface area (Å²) in [7, 11) is 6.22. The Morgan fingerprint density at radius 1 is 0.867 bits per heavy atom. The lowest BCUT2D eigenvalue weighted by Crippen LogP contribution is -2.40. The fourth-order valence-electron chi connectivity index (χ4n) is 1.20. The molecule has 0 bridgehead atoms. The zero-order valence-corrected chi connectivity index (χ0v) is 9.93. The summed E-state index contributed by atoms with van der Waals surface area (Å²) >= 11 is 0. The van der Waals surface area contributed by atoms with Crippen LogP contribution in [0.3, 0.4) is 0 Å². The second-order valence-corrected chi connectivity index (χ2v) is 3.48. The molecule has 0 fully saturated rings. The van der Waals surface area contributed by atoms with Crippen LogP contribution in [0.25, 0.3) is 0 Å². The maximum Gasteiger partial charge on any atom is 0.673 e. The van der Waals surface area contributed by atoms with E-state index in [1.165, 1.54) is 5.96 Å². The van der Waals surface area contributed by atoms with E-state index < -0.39 is 7.25 Å². The highest BCUT2D eigenvalue weighted by molar-refractivity contribution is 6.50. The van der Waals surface area contributed by atoms with Crippen molar-refractivity contribution in [2.24, 2.45) is 0 Å². The number of hydrogen-bond acceptors (Lipinski definition) is 0. The summed E-state index contributed by atoms with van der Waals surface area (Å²) in [5, 5.41) is 0. The predicted octanol–water partition coefficient (Wildman–Crippen LogP) is 1.04. The quantitative estimate of drug-likeness (QED) is 0.202. The molecule has 0 spiro atoms. The summed E-state index contributed by atoms with van der Waals surface area (Å²) in [6, 6.07) is 0. The van der Waals surface area contributed by atoms with E-state index in [-0.39, 0.29) is 0 Å². The third kappa shape index (κ3) is 13.1. The van der Waals surface area contributed by atoms with Gasteiger partial charge in [-0.05, 0) is 0 Å². The molecule has 0 saturated carbocycles. The Kier molecular flexibility index (Phi) is 7.17. The second-order valence-electron chi connectivity index (χ2n) is 3.48.